The first-order valence-corrected chi connectivity index (χ1v) is 6.50. The van der Waals surface area contributed by atoms with E-state index in [4.69, 9.17) is 5.73 Å². The summed E-state index contributed by atoms with van der Waals surface area (Å²) in [6.07, 6.45) is 0. The molecule has 1 aromatic carbocycles. The molecule has 0 saturated carbocycles. The Morgan fingerprint density at radius 1 is 1.28 bits per heavy atom. The third-order valence-electron chi connectivity index (χ3n) is 2.88. The molecule has 1 amide bonds. The first-order chi connectivity index (χ1) is 8.32. The van der Waals surface area contributed by atoms with Gasteiger partial charge in [-0.05, 0) is 44.4 Å². The Hall–Kier alpha value is -1.51. The summed E-state index contributed by atoms with van der Waals surface area (Å²) in [6.45, 7) is 11.0. The molecule has 2 N–H and O–H groups in total. The van der Waals surface area contributed by atoms with E-state index in [9.17, 15) is 4.79 Å². The Bertz CT molecular complexity index is 425. The van der Waals surface area contributed by atoms with Crippen molar-refractivity contribution in [2.75, 3.05) is 12.3 Å². The molecule has 0 aliphatic carbocycles. The highest BCUT2D eigenvalue weighted by Crippen LogP contribution is 2.18. The summed E-state index contributed by atoms with van der Waals surface area (Å²) < 4.78 is 0. The number of hydrogen-bond donors (Lipinski definition) is 1. The van der Waals surface area contributed by atoms with E-state index in [0.29, 0.717) is 17.2 Å². The lowest BCUT2D eigenvalue weighted by molar-refractivity contribution is 0.0683. The number of carbonyl (C=O) groups is 1. The van der Waals surface area contributed by atoms with Gasteiger partial charge in [-0.2, -0.15) is 0 Å². The molecule has 0 bridgehead atoms. The van der Waals surface area contributed by atoms with Crippen molar-refractivity contribution in [2.24, 2.45) is 5.92 Å². The highest BCUT2D eigenvalue weighted by molar-refractivity contribution is 5.99. The first-order valence-electron chi connectivity index (χ1n) is 6.50. The van der Waals surface area contributed by atoms with Gasteiger partial charge in [0.05, 0.1) is 5.56 Å². The topological polar surface area (TPSA) is 46.3 Å². The molecule has 0 radical (unpaired) electrons. The van der Waals surface area contributed by atoms with Gasteiger partial charge in [0, 0.05) is 18.3 Å². The van der Waals surface area contributed by atoms with Crippen molar-refractivity contribution in [3.63, 3.8) is 0 Å². The maximum Gasteiger partial charge on any atom is 0.256 e. The molecule has 3 nitrogen and oxygen atoms in total. The second-order valence-electron chi connectivity index (χ2n) is 5.54. The van der Waals surface area contributed by atoms with E-state index in [1.54, 1.807) is 0 Å². The standard InChI is InChI=1S/C15H24N2O/c1-10(2)9-17(11(3)4)15(18)13-7-6-12(5)8-14(13)16/h6-8,10-11H,9,16H2,1-5H3. The van der Waals surface area contributed by atoms with Gasteiger partial charge in [0.25, 0.3) is 5.91 Å². The minimum Gasteiger partial charge on any atom is -0.398 e. The van der Waals surface area contributed by atoms with Crippen molar-refractivity contribution in [1.29, 1.82) is 0 Å². The van der Waals surface area contributed by atoms with Gasteiger partial charge in [0.15, 0.2) is 0 Å². The van der Waals surface area contributed by atoms with E-state index in [1.165, 1.54) is 0 Å². The molecule has 18 heavy (non-hydrogen) atoms. The molecule has 0 fully saturated rings. The molecular weight excluding hydrogens is 224 g/mol. The normalized spacial score (nSPS) is 11.1. The number of hydrogen-bond acceptors (Lipinski definition) is 2. The summed E-state index contributed by atoms with van der Waals surface area (Å²) in [5, 5.41) is 0. The molecule has 1 rings (SSSR count). The van der Waals surface area contributed by atoms with Crippen molar-refractivity contribution in [3.8, 4) is 0 Å². The number of nitrogen functional groups attached to an aromatic ring is 1. The number of nitrogens with zero attached hydrogens (tertiary/aromatic N) is 1. The van der Waals surface area contributed by atoms with Crippen LogP contribution in [0.25, 0.3) is 0 Å². The fraction of sp³-hybridized carbons (Fsp3) is 0.533. The molecule has 0 spiro atoms. The second kappa shape index (κ2) is 5.89. The van der Waals surface area contributed by atoms with Gasteiger partial charge >= 0.3 is 0 Å². The third-order valence-corrected chi connectivity index (χ3v) is 2.88. The quantitative estimate of drug-likeness (QED) is 0.832. The summed E-state index contributed by atoms with van der Waals surface area (Å²) in [6, 6.07) is 5.78. The van der Waals surface area contributed by atoms with Crippen LogP contribution in [0.3, 0.4) is 0 Å². The van der Waals surface area contributed by atoms with Crippen LogP contribution in [0.4, 0.5) is 5.69 Å². The zero-order valence-electron chi connectivity index (χ0n) is 12.0. The SMILES string of the molecule is Cc1ccc(C(=O)N(CC(C)C)C(C)C)c(N)c1. The highest BCUT2D eigenvalue weighted by atomic mass is 16.2. The molecule has 3 heteroatoms. The molecule has 1 aromatic rings. The minimum atomic E-state index is 0.0243. The average Bonchev–Trinajstić information content (AvgIpc) is 2.24. The van der Waals surface area contributed by atoms with Gasteiger partial charge in [-0.15, -0.1) is 0 Å². The van der Waals surface area contributed by atoms with E-state index < -0.39 is 0 Å². The summed E-state index contributed by atoms with van der Waals surface area (Å²) in [5.74, 6) is 0.472. The van der Waals surface area contributed by atoms with Crippen molar-refractivity contribution in [2.45, 2.75) is 40.7 Å². The van der Waals surface area contributed by atoms with Crippen LogP contribution in [0.1, 0.15) is 43.6 Å². The van der Waals surface area contributed by atoms with Crippen LogP contribution in [-0.2, 0) is 0 Å². The molecule has 0 saturated heterocycles. The van der Waals surface area contributed by atoms with Gasteiger partial charge < -0.3 is 10.6 Å². The van der Waals surface area contributed by atoms with Gasteiger partial charge in [0.1, 0.15) is 0 Å². The number of carbonyl (C=O) groups excluding carboxylic acids is 1. The van der Waals surface area contributed by atoms with E-state index in [2.05, 4.69) is 13.8 Å². The molecular formula is C15H24N2O. The molecule has 0 atom stereocenters. The average molecular weight is 248 g/mol. The van der Waals surface area contributed by atoms with E-state index >= 15 is 0 Å². The van der Waals surface area contributed by atoms with Crippen LogP contribution >= 0.6 is 0 Å². The number of anilines is 1. The zero-order valence-corrected chi connectivity index (χ0v) is 12.0. The Morgan fingerprint density at radius 2 is 1.89 bits per heavy atom. The molecule has 0 aliphatic heterocycles. The van der Waals surface area contributed by atoms with Crippen molar-refractivity contribution in [3.05, 3.63) is 29.3 Å². The van der Waals surface area contributed by atoms with Crippen LogP contribution < -0.4 is 5.73 Å². The number of amides is 1. The summed E-state index contributed by atoms with van der Waals surface area (Å²) in [5.41, 5.74) is 8.19. The first kappa shape index (κ1) is 14.6. The Balaban J connectivity index is 3.02. The number of nitrogens with two attached hydrogens (primary N) is 1. The van der Waals surface area contributed by atoms with Crippen LogP contribution in [0.15, 0.2) is 18.2 Å². The van der Waals surface area contributed by atoms with Crippen LogP contribution in [0.2, 0.25) is 0 Å². The Morgan fingerprint density at radius 3 is 2.33 bits per heavy atom. The largest absolute Gasteiger partial charge is 0.398 e. The zero-order chi connectivity index (χ0) is 13.9. The van der Waals surface area contributed by atoms with Crippen LogP contribution in [0.5, 0.6) is 0 Å². The number of aryl methyl sites for hydroxylation is 1. The predicted octanol–water partition coefficient (Wildman–Crippen LogP) is 3.08. The summed E-state index contributed by atoms with van der Waals surface area (Å²) in [4.78, 5) is 14.4. The minimum absolute atomic E-state index is 0.0243. The van der Waals surface area contributed by atoms with Gasteiger partial charge in [-0.1, -0.05) is 19.9 Å². The van der Waals surface area contributed by atoms with Crippen LogP contribution in [-0.4, -0.2) is 23.4 Å². The molecule has 100 valence electrons. The Kier molecular flexibility index (Phi) is 4.76. The van der Waals surface area contributed by atoms with Crippen LogP contribution in [0, 0.1) is 12.8 Å². The maximum absolute atomic E-state index is 12.5. The molecule has 0 aromatic heterocycles. The maximum atomic E-state index is 12.5. The monoisotopic (exact) mass is 248 g/mol. The van der Waals surface area contributed by atoms with E-state index in [1.807, 2.05) is 43.9 Å². The third kappa shape index (κ3) is 3.49. The highest BCUT2D eigenvalue weighted by Gasteiger charge is 2.21. The van der Waals surface area contributed by atoms with Crippen molar-refractivity contribution in [1.82, 2.24) is 4.90 Å². The molecule has 0 unspecified atom stereocenters. The predicted molar refractivity (Wildman–Crippen MR) is 76.6 cm³/mol. The summed E-state index contributed by atoms with van der Waals surface area (Å²) >= 11 is 0. The number of rotatable bonds is 4. The van der Waals surface area contributed by atoms with E-state index in [0.717, 1.165) is 12.1 Å². The second-order valence-corrected chi connectivity index (χ2v) is 5.54. The molecule has 0 heterocycles. The van der Waals surface area contributed by atoms with Gasteiger partial charge in [-0.25, -0.2) is 0 Å². The summed E-state index contributed by atoms with van der Waals surface area (Å²) in [7, 11) is 0. The van der Waals surface area contributed by atoms with Gasteiger partial charge in [-0.3, -0.25) is 4.79 Å². The van der Waals surface area contributed by atoms with Gasteiger partial charge in [0.2, 0.25) is 0 Å². The lowest BCUT2D eigenvalue weighted by Crippen LogP contribution is -2.39. The smallest absolute Gasteiger partial charge is 0.256 e. The lowest BCUT2D eigenvalue weighted by atomic mass is 10.1. The number of benzene rings is 1. The van der Waals surface area contributed by atoms with Crippen molar-refractivity contribution < 1.29 is 4.79 Å². The fourth-order valence-electron chi connectivity index (χ4n) is 1.95. The Labute approximate surface area is 110 Å². The van der Waals surface area contributed by atoms with E-state index in [-0.39, 0.29) is 11.9 Å². The molecule has 0 aliphatic rings. The fourth-order valence-corrected chi connectivity index (χ4v) is 1.95. The van der Waals surface area contributed by atoms with Crippen molar-refractivity contribution >= 4 is 11.6 Å². The lowest BCUT2D eigenvalue weighted by Gasteiger charge is -2.29.